The van der Waals surface area contributed by atoms with Crippen LogP contribution in [-0.2, 0) is 9.59 Å². The number of para-hydroxylation sites is 1. The van der Waals surface area contributed by atoms with E-state index >= 15 is 0 Å². The number of nitrogens with one attached hydrogen (secondary N) is 1. The third-order valence-corrected chi connectivity index (χ3v) is 7.69. The lowest BCUT2D eigenvalue weighted by molar-refractivity contribution is -0.129. The van der Waals surface area contributed by atoms with E-state index in [-0.39, 0.29) is 11.8 Å². The summed E-state index contributed by atoms with van der Waals surface area (Å²) in [5.74, 6) is 0.447. The molecule has 1 N–H and O–H groups in total. The number of likely N-dealkylation sites (tertiary alicyclic amines) is 1. The predicted octanol–water partition coefficient (Wildman–Crippen LogP) is 7.19. The minimum Gasteiger partial charge on any atom is -0.356 e. The zero-order valence-corrected chi connectivity index (χ0v) is 23.4. The normalized spacial score (nSPS) is 15.3. The van der Waals surface area contributed by atoms with Gasteiger partial charge in [0.05, 0.1) is 13.6 Å². The summed E-state index contributed by atoms with van der Waals surface area (Å²) < 4.78 is 0.696. The third-order valence-electron chi connectivity index (χ3n) is 7.69. The third kappa shape index (κ3) is 12.4. The van der Waals surface area contributed by atoms with Gasteiger partial charge in [0.15, 0.2) is 6.67 Å². The van der Waals surface area contributed by atoms with Crippen molar-refractivity contribution in [3.05, 3.63) is 30.3 Å². The van der Waals surface area contributed by atoms with Gasteiger partial charge in [-0.15, -0.1) is 0 Å². The van der Waals surface area contributed by atoms with Gasteiger partial charge in [0.2, 0.25) is 11.8 Å². The SMILES string of the molecule is CCCCCCCCCCCCCCCC(=O)NCCC[N+](C)(CN1CCCC1=O)c1ccccc1. The van der Waals surface area contributed by atoms with Crippen molar-refractivity contribution in [3.63, 3.8) is 0 Å². The summed E-state index contributed by atoms with van der Waals surface area (Å²) in [6, 6.07) is 10.5. The highest BCUT2D eigenvalue weighted by atomic mass is 16.2. The maximum Gasteiger partial charge on any atom is 0.226 e. The van der Waals surface area contributed by atoms with Crippen molar-refractivity contribution >= 4 is 17.5 Å². The van der Waals surface area contributed by atoms with Crippen LogP contribution in [0.25, 0.3) is 0 Å². The highest BCUT2D eigenvalue weighted by molar-refractivity contribution is 5.78. The summed E-state index contributed by atoms with van der Waals surface area (Å²) in [6.07, 6.45) is 20.4. The van der Waals surface area contributed by atoms with Crippen LogP contribution in [0.1, 0.15) is 116 Å². The first kappa shape index (κ1) is 30.3. The van der Waals surface area contributed by atoms with Gasteiger partial charge >= 0.3 is 0 Å². The van der Waals surface area contributed by atoms with E-state index in [1.807, 2.05) is 11.0 Å². The fourth-order valence-corrected chi connectivity index (χ4v) is 5.35. The van der Waals surface area contributed by atoms with Crippen LogP contribution >= 0.6 is 0 Å². The molecule has 0 bridgehead atoms. The molecule has 2 amide bonds. The Morgan fingerprint density at radius 2 is 1.44 bits per heavy atom. The van der Waals surface area contributed by atoms with Crippen molar-refractivity contribution in [2.45, 2.75) is 116 Å². The molecule has 1 heterocycles. The van der Waals surface area contributed by atoms with E-state index < -0.39 is 0 Å². The van der Waals surface area contributed by atoms with Gasteiger partial charge in [-0.25, -0.2) is 0 Å². The Balaban J connectivity index is 1.52. The number of carbonyl (C=O) groups is 2. The molecule has 1 aromatic carbocycles. The number of benzene rings is 1. The molecule has 0 aromatic heterocycles. The molecule has 1 unspecified atom stereocenters. The van der Waals surface area contributed by atoms with E-state index in [9.17, 15) is 9.59 Å². The van der Waals surface area contributed by atoms with E-state index in [4.69, 9.17) is 0 Å². The molecule has 1 aliphatic rings. The number of nitrogens with zero attached hydrogens (tertiary/aromatic N) is 2. The number of quaternary nitrogens is 1. The first-order valence-corrected chi connectivity index (χ1v) is 15.0. The zero-order chi connectivity index (χ0) is 25.9. The highest BCUT2D eigenvalue weighted by Crippen LogP contribution is 2.24. The largest absolute Gasteiger partial charge is 0.356 e. The van der Waals surface area contributed by atoms with E-state index in [1.54, 1.807) is 0 Å². The first-order valence-electron chi connectivity index (χ1n) is 15.0. The van der Waals surface area contributed by atoms with E-state index in [0.29, 0.717) is 30.5 Å². The van der Waals surface area contributed by atoms with E-state index in [2.05, 4.69) is 43.6 Å². The Morgan fingerprint density at radius 3 is 2.00 bits per heavy atom. The van der Waals surface area contributed by atoms with Gasteiger partial charge in [-0.3, -0.25) is 19.0 Å². The summed E-state index contributed by atoms with van der Waals surface area (Å²) >= 11 is 0. The van der Waals surface area contributed by atoms with Crippen LogP contribution in [0.5, 0.6) is 0 Å². The van der Waals surface area contributed by atoms with Crippen molar-refractivity contribution in [1.29, 1.82) is 0 Å². The first-order chi connectivity index (χ1) is 17.5. The Hall–Kier alpha value is -1.88. The maximum atomic E-state index is 12.3. The van der Waals surface area contributed by atoms with Crippen molar-refractivity contribution in [2.24, 2.45) is 0 Å². The maximum absolute atomic E-state index is 12.3. The lowest BCUT2D eigenvalue weighted by Gasteiger charge is -2.37. The van der Waals surface area contributed by atoms with Crippen LogP contribution in [0.4, 0.5) is 5.69 Å². The summed E-state index contributed by atoms with van der Waals surface area (Å²) in [7, 11) is 2.20. The second kappa shape index (κ2) is 18.4. The van der Waals surface area contributed by atoms with Crippen molar-refractivity contribution in [1.82, 2.24) is 14.7 Å². The second-order valence-electron chi connectivity index (χ2n) is 11.1. The lowest BCUT2D eigenvalue weighted by atomic mass is 10.0. The highest BCUT2D eigenvalue weighted by Gasteiger charge is 2.31. The average molecular weight is 501 g/mol. The number of hydrogen-bond acceptors (Lipinski definition) is 2. The van der Waals surface area contributed by atoms with Gasteiger partial charge in [-0.05, 0) is 25.0 Å². The van der Waals surface area contributed by atoms with Crippen molar-refractivity contribution < 1.29 is 9.59 Å². The Bertz CT molecular complexity index is 724. The molecule has 0 aliphatic carbocycles. The van der Waals surface area contributed by atoms with Crippen molar-refractivity contribution in [2.75, 3.05) is 33.4 Å². The molecule has 1 saturated heterocycles. The molecular formula is C31H54N3O2+. The molecule has 0 spiro atoms. The molecule has 5 nitrogen and oxygen atoms in total. The van der Waals surface area contributed by atoms with Crippen LogP contribution < -0.4 is 9.80 Å². The second-order valence-corrected chi connectivity index (χ2v) is 11.1. The van der Waals surface area contributed by atoms with Gasteiger partial charge in [-0.1, -0.05) is 102 Å². The summed E-state index contributed by atoms with van der Waals surface area (Å²) in [5, 5.41) is 3.12. The summed E-state index contributed by atoms with van der Waals surface area (Å²) in [5.41, 5.74) is 1.22. The standard InChI is InChI=1S/C31H53N3O2/c1-3-4-5-6-7-8-9-10-11-12-13-14-18-23-30(35)32-25-20-27-34(2,29-21-16-15-17-22-29)28-33-26-19-24-31(33)36/h15-17,21-22H,3-14,18-20,23-28H2,1-2H3/p+1. The van der Waals surface area contributed by atoms with Gasteiger partial charge in [-0.2, -0.15) is 0 Å². The lowest BCUT2D eigenvalue weighted by Crippen LogP contribution is -2.54. The van der Waals surface area contributed by atoms with Crippen LogP contribution in [0.15, 0.2) is 30.3 Å². The molecule has 1 fully saturated rings. The minimum absolute atomic E-state index is 0.182. The fourth-order valence-electron chi connectivity index (χ4n) is 5.35. The summed E-state index contributed by atoms with van der Waals surface area (Å²) in [6.45, 7) is 5.43. The molecule has 2 rings (SSSR count). The molecular weight excluding hydrogens is 446 g/mol. The van der Waals surface area contributed by atoms with E-state index in [1.165, 1.54) is 76.3 Å². The Kier molecular flexibility index (Phi) is 15.5. The van der Waals surface area contributed by atoms with Gasteiger partial charge in [0.1, 0.15) is 5.69 Å². The Labute approximate surface area is 221 Å². The molecule has 1 aliphatic heterocycles. The quantitative estimate of drug-likeness (QED) is 0.143. The molecule has 36 heavy (non-hydrogen) atoms. The topological polar surface area (TPSA) is 49.4 Å². The van der Waals surface area contributed by atoms with Gasteiger partial charge in [0.25, 0.3) is 0 Å². The molecule has 5 heteroatoms. The van der Waals surface area contributed by atoms with Gasteiger partial charge < -0.3 is 5.32 Å². The monoisotopic (exact) mass is 500 g/mol. The molecule has 204 valence electrons. The molecule has 1 atom stereocenters. The van der Waals surface area contributed by atoms with Crippen LogP contribution in [0, 0.1) is 0 Å². The zero-order valence-electron chi connectivity index (χ0n) is 23.4. The van der Waals surface area contributed by atoms with E-state index in [0.717, 1.165) is 38.8 Å². The number of unbranched alkanes of at least 4 members (excludes halogenated alkanes) is 12. The van der Waals surface area contributed by atoms with Crippen LogP contribution in [-0.4, -0.2) is 50.1 Å². The number of carbonyl (C=O) groups excluding carboxylic acids is 2. The average Bonchev–Trinajstić information content (AvgIpc) is 3.29. The van der Waals surface area contributed by atoms with Crippen molar-refractivity contribution in [3.8, 4) is 0 Å². The number of rotatable bonds is 21. The van der Waals surface area contributed by atoms with Crippen LogP contribution in [0.2, 0.25) is 0 Å². The molecule has 1 aromatic rings. The molecule has 0 saturated carbocycles. The molecule has 0 radical (unpaired) electrons. The van der Waals surface area contributed by atoms with Crippen LogP contribution in [0.3, 0.4) is 0 Å². The fraction of sp³-hybridized carbons (Fsp3) is 0.742. The summed E-state index contributed by atoms with van der Waals surface area (Å²) in [4.78, 5) is 26.5. The number of amides is 2. The predicted molar refractivity (Wildman–Crippen MR) is 153 cm³/mol. The van der Waals surface area contributed by atoms with Gasteiger partial charge in [0, 0.05) is 32.4 Å². The minimum atomic E-state index is 0.182. The Morgan fingerprint density at radius 1 is 0.861 bits per heavy atom. The number of hydrogen-bond donors (Lipinski definition) is 1. The smallest absolute Gasteiger partial charge is 0.226 e.